The number of halogens is 1. The zero-order chi connectivity index (χ0) is 23.5. The van der Waals surface area contributed by atoms with Gasteiger partial charge in [-0.05, 0) is 81.2 Å². The van der Waals surface area contributed by atoms with E-state index in [2.05, 4.69) is 58.3 Å². The third-order valence-corrected chi connectivity index (χ3v) is 4.88. The van der Waals surface area contributed by atoms with Crippen molar-refractivity contribution in [2.24, 2.45) is 10.9 Å². The molecule has 0 unspecified atom stereocenters. The summed E-state index contributed by atoms with van der Waals surface area (Å²) in [6, 6.07) is 8.02. The van der Waals surface area contributed by atoms with Gasteiger partial charge in [0.1, 0.15) is 0 Å². The van der Waals surface area contributed by atoms with Crippen LogP contribution in [0, 0.1) is 5.92 Å². The van der Waals surface area contributed by atoms with Gasteiger partial charge in [-0.2, -0.15) is 0 Å². The molecule has 0 aromatic heterocycles. The van der Waals surface area contributed by atoms with Gasteiger partial charge in [0.15, 0.2) is 0 Å². The maximum absolute atomic E-state index is 5.78. The van der Waals surface area contributed by atoms with E-state index in [1.54, 1.807) is 6.20 Å². The number of benzene rings is 1. The fraction of sp³-hybridized carbons (Fsp3) is 0.536. The normalized spacial score (nSPS) is 14.1. The summed E-state index contributed by atoms with van der Waals surface area (Å²) in [5.74, 6) is 0.775. The molecule has 1 nitrogen and oxygen atoms in total. The van der Waals surface area contributed by atoms with E-state index in [1.165, 1.54) is 41.5 Å². The lowest BCUT2D eigenvalue weighted by Gasteiger charge is -2.14. The van der Waals surface area contributed by atoms with Crippen LogP contribution in [0.3, 0.4) is 0 Å². The molecule has 30 heavy (non-hydrogen) atoms. The predicted octanol–water partition coefficient (Wildman–Crippen LogP) is 10.0. The highest BCUT2D eigenvalue weighted by Gasteiger charge is 2.28. The Bertz CT molecular complexity index is 676. The van der Waals surface area contributed by atoms with E-state index in [1.807, 2.05) is 45.9 Å². The molecular formula is C28H46ClN. The molecule has 1 saturated carbocycles. The first-order valence-electron chi connectivity index (χ1n) is 11.7. The van der Waals surface area contributed by atoms with Crippen molar-refractivity contribution >= 4 is 17.3 Å². The van der Waals surface area contributed by atoms with Crippen LogP contribution in [0.2, 0.25) is 5.02 Å². The van der Waals surface area contributed by atoms with Crippen LogP contribution in [0.25, 0.3) is 0 Å². The molecule has 0 spiro atoms. The highest BCUT2D eigenvalue weighted by molar-refractivity contribution is 6.30. The van der Waals surface area contributed by atoms with Crippen LogP contribution in [-0.2, 0) is 6.42 Å². The van der Waals surface area contributed by atoms with Crippen LogP contribution in [0.15, 0.2) is 64.8 Å². The number of aliphatic imine (C=N–C) groups is 1. The van der Waals surface area contributed by atoms with Gasteiger partial charge in [0.25, 0.3) is 0 Å². The molecule has 2 rings (SSSR count). The third kappa shape index (κ3) is 12.2. The number of hydrogen-bond acceptors (Lipinski definition) is 1. The van der Waals surface area contributed by atoms with Crippen LogP contribution in [0.4, 0.5) is 0 Å². The number of rotatable bonds is 7. The molecule has 0 aliphatic heterocycles. The predicted molar refractivity (Wildman–Crippen MR) is 141 cm³/mol. The molecule has 1 aliphatic carbocycles. The second kappa shape index (κ2) is 19.4. The number of allylic oxidation sites excluding steroid dienone is 4. The smallest absolute Gasteiger partial charge is 0.0446 e. The Hall–Kier alpha value is -1.60. The van der Waals surface area contributed by atoms with Gasteiger partial charge in [0.05, 0.1) is 0 Å². The Balaban J connectivity index is 0. The lowest BCUT2D eigenvalue weighted by Crippen LogP contribution is -2.05. The van der Waals surface area contributed by atoms with Crippen LogP contribution in [0.1, 0.15) is 93.6 Å². The Morgan fingerprint density at radius 1 is 1.13 bits per heavy atom. The summed E-state index contributed by atoms with van der Waals surface area (Å²) in [6.07, 6.45) is 9.96. The van der Waals surface area contributed by atoms with E-state index in [0.29, 0.717) is 0 Å². The van der Waals surface area contributed by atoms with Gasteiger partial charge in [0.2, 0.25) is 0 Å². The number of nitrogens with zero attached hydrogens (tertiary/aromatic N) is 1. The summed E-state index contributed by atoms with van der Waals surface area (Å²) in [5, 5.41) is 0.839. The van der Waals surface area contributed by atoms with E-state index in [-0.39, 0.29) is 0 Å². The SMILES string of the molecule is C=CN=C(C)C(/C(=C\C)C1CC1)=C(\C)CC.CC.CC.CCCc1cccc(Cl)c1. The molecule has 1 aliphatic rings. The van der Waals surface area contributed by atoms with Gasteiger partial charge >= 0.3 is 0 Å². The highest BCUT2D eigenvalue weighted by Crippen LogP contribution is 2.41. The average Bonchev–Trinajstić information content (AvgIpc) is 3.60. The van der Waals surface area contributed by atoms with Crippen molar-refractivity contribution < 1.29 is 0 Å². The minimum absolute atomic E-state index is 0.775. The molecule has 1 fully saturated rings. The Morgan fingerprint density at radius 2 is 1.73 bits per heavy atom. The third-order valence-electron chi connectivity index (χ3n) is 4.65. The molecule has 0 atom stereocenters. The van der Waals surface area contributed by atoms with Crippen molar-refractivity contribution in [2.75, 3.05) is 0 Å². The maximum atomic E-state index is 5.78. The minimum Gasteiger partial charge on any atom is -0.262 e. The lowest BCUT2D eigenvalue weighted by atomic mass is 9.92. The first-order chi connectivity index (χ1) is 14.5. The summed E-state index contributed by atoms with van der Waals surface area (Å²) >= 11 is 5.78. The van der Waals surface area contributed by atoms with Crippen LogP contribution >= 0.6 is 11.6 Å². The topological polar surface area (TPSA) is 12.4 Å². The second-order valence-electron chi connectivity index (χ2n) is 6.80. The van der Waals surface area contributed by atoms with Crippen molar-refractivity contribution in [1.82, 2.24) is 0 Å². The molecule has 1 aromatic rings. The summed E-state index contributed by atoms with van der Waals surface area (Å²) < 4.78 is 0. The number of hydrogen-bond donors (Lipinski definition) is 0. The minimum atomic E-state index is 0.775. The van der Waals surface area contributed by atoms with Gasteiger partial charge in [-0.3, -0.25) is 4.99 Å². The standard InChI is InChI=1S/C15H23N.C9H11Cl.2C2H6/c1-6-11(4)15(12(5)16-8-3)14(7-2)13-9-10-13;1-2-4-8-5-3-6-9(10)7-8;2*1-2/h7-8,13H,3,6,9-10H2,1-2,4-5H3;3,5-7H,2,4H2,1H3;2*1-2H3/b14-7-,15-11-,16-12?;;;. The monoisotopic (exact) mass is 431 g/mol. The highest BCUT2D eigenvalue weighted by atomic mass is 35.5. The first-order valence-corrected chi connectivity index (χ1v) is 12.1. The quantitative estimate of drug-likeness (QED) is 0.300. The molecule has 170 valence electrons. The second-order valence-corrected chi connectivity index (χ2v) is 7.24. The fourth-order valence-corrected chi connectivity index (χ4v) is 3.31. The Morgan fingerprint density at radius 3 is 2.13 bits per heavy atom. The van der Waals surface area contributed by atoms with Crippen molar-refractivity contribution in [3.05, 3.63) is 70.4 Å². The average molecular weight is 432 g/mol. The van der Waals surface area contributed by atoms with Gasteiger partial charge in [-0.15, -0.1) is 0 Å². The van der Waals surface area contributed by atoms with E-state index in [0.717, 1.165) is 29.5 Å². The van der Waals surface area contributed by atoms with Crippen molar-refractivity contribution in [3.63, 3.8) is 0 Å². The molecule has 0 heterocycles. The zero-order valence-electron chi connectivity index (χ0n) is 21.1. The van der Waals surface area contributed by atoms with E-state index in [4.69, 9.17) is 11.6 Å². The Kier molecular flexibility index (Phi) is 19.8. The molecule has 0 amide bonds. The summed E-state index contributed by atoms with van der Waals surface area (Å²) in [4.78, 5) is 4.35. The van der Waals surface area contributed by atoms with E-state index < -0.39 is 0 Å². The van der Waals surface area contributed by atoms with Crippen molar-refractivity contribution in [2.45, 2.75) is 94.4 Å². The van der Waals surface area contributed by atoms with E-state index in [9.17, 15) is 0 Å². The molecule has 1 aromatic carbocycles. The van der Waals surface area contributed by atoms with E-state index >= 15 is 0 Å². The fourth-order valence-electron chi connectivity index (χ4n) is 3.10. The molecule has 0 radical (unpaired) electrons. The zero-order valence-corrected chi connectivity index (χ0v) is 21.9. The van der Waals surface area contributed by atoms with Crippen molar-refractivity contribution in [1.29, 1.82) is 0 Å². The van der Waals surface area contributed by atoms with Gasteiger partial charge in [-0.1, -0.05) is 89.9 Å². The maximum Gasteiger partial charge on any atom is 0.0446 e. The largest absolute Gasteiger partial charge is 0.262 e. The van der Waals surface area contributed by atoms with Gasteiger partial charge in [0, 0.05) is 16.9 Å². The Labute approximate surface area is 193 Å². The summed E-state index contributed by atoms with van der Waals surface area (Å²) in [5.41, 5.74) is 6.72. The van der Waals surface area contributed by atoms with Crippen LogP contribution in [0.5, 0.6) is 0 Å². The van der Waals surface area contributed by atoms with Crippen LogP contribution < -0.4 is 0 Å². The van der Waals surface area contributed by atoms with Gasteiger partial charge in [-0.25, -0.2) is 0 Å². The number of aryl methyl sites for hydroxylation is 1. The lowest BCUT2D eigenvalue weighted by molar-refractivity contribution is 0.922. The molecule has 0 saturated heterocycles. The first kappa shape index (κ1) is 30.6. The summed E-state index contributed by atoms with van der Waals surface area (Å²) in [6.45, 7) is 22.5. The molecule has 0 bridgehead atoms. The van der Waals surface area contributed by atoms with Crippen molar-refractivity contribution in [3.8, 4) is 0 Å². The molecule has 2 heteroatoms. The molecule has 0 N–H and O–H groups in total. The summed E-state index contributed by atoms with van der Waals surface area (Å²) in [7, 11) is 0. The molecular weight excluding hydrogens is 386 g/mol. The van der Waals surface area contributed by atoms with Crippen LogP contribution in [-0.4, -0.2) is 5.71 Å². The van der Waals surface area contributed by atoms with Gasteiger partial charge < -0.3 is 0 Å².